The Kier molecular flexibility index (Phi) is 3.56. The van der Waals surface area contributed by atoms with Crippen LogP contribution in [0.2, 0.25) is 0 Å². The van der Waals surface area contributed by atoms with Gasteiger partial charge in [-0.2, -0.15) is 5.10 Å². The van der Waals surface area contributed by atoms with Crippen LogP contribution in [0.4, 0.5) is 0 Å². The van der Waals surface area contributed by atoms with Gasteiger partial charge in [-0.15, -0.1) is 0 Å². The molecule has 2 aromatic rings. The van der Waals surface area contributed by atoms with Crippen LogP contribution in [0, 0.1) is 11.8 Å². The lowest BCUT2D eigenvalue weighted by Gasteiger charge is -2.34. The van der Waals surface area contributed by atoms with E-state index in [1.807, 2.05) is 23.0 Å². The third kappa shape index (κ3) is 2.52. The molecule has 1 saturated carbocycles. The van der Waals surface area contributed by atoms with Crippen LogP contribution in [0.25, 0.3) is 5.52 Å². The van der Waals surface area contributed by atoms with E-state index < -0.39 is 0 Å². The van der Waals surface area contributed by atoms with Gasteiger partial charge in [0.25, 0.3) is 0 Å². The molecule has 1 N–H and O–H groups in total. The maximum atomic E-state index is 4.39. The largest absolute Gasteiger partial charge is 0.310 e. The SMILES string of the molecule is CC1CCCC(NCc2cnn3ccccc23)C1C. The van der Waals surface area contributed by atoms with E-state index in [0.717, 1.165) is 18.4 Å². The molecule has 3 unspecified atom stereocenters. The van der Waals surface area contributed by atoms with E-state index in [0.29, 0.717) is 6.04 Å². The summed E-state index contributed by atoms with van der Waals surface area (Å²) in [5, 5.41) is 8.14. The summed E-state index contributed by atoms with van der Waals surface area (Å²) in [5.41, 5.74) is 2.51. The summed E-state index contributed by atoms with van der Waals surface area (Å²) in [6.45, 7) is 5.70. The fourth-order valence-electron chi connectivity index (χ4n) is 3.23. The molecule has 1 aliphatic rings. The van der Waals surface area contributed by atoms with Crippen molar-refractivity contribution in [1.29, 1.82) is 0 Å². The summed E-state index contributed by atoms with van der Waals surface area (Å²) in [6.07, 6.45) is 8.04. The summed E-state index contributed by atoms with van der Waals surface area (Å²) >= 11 is 0. The van der Waals surface area contributed by atoms with E-state index in [4.69, 9.17) is 0 Å². The van der Waals surface area contributed by atoms with Crippen molar-refractivity contribution >= 4 is 5.52 Å². The Morgan fingerprint density at radius 1 is 1.32 bits per heavy atom. The summed E-state index contributed by atoms with van der Waals surface area (Å²) < 4.78 is 1.95. The predicted molar refractivity (Wildman–Crippen MR) is 78.0 cm³/mol. The number of nitrogens with zero attached hydrogens (tertiary/aromatic N) is 2. The van der Waals surface area contributed by atoms with Crippen LogP contribution in [-0.4, -0.2) is 15.7 Å². The van der Waals surface area contributed by atoms with Gasteiger partial charge in [0.2, 0.25) is 0 Å². The Morgan fingerprint density at radius 3 is 3.11 bits per heavy atom. The number of aromatic nitrogens is 2. The topological polar surface area (TPSA) is 29.3 Å². The highest BCUT2D eigenvalue weighted by molar-refractivity contribution is 5.53. The van der Waals surface area contributed by atoms with E-state index in [2.05, 4.69) is 36.4 Å². The van der Waals surface area contributed by atoms with Crippen molar-refractivity contribution in [1.82, 2.24) is 14.9 Å². The number of pyridine rings is 1. The van der Waals surface area contributed by atoms with E-state index in [-0.39, 0.29) is 0 Å². The average molecular weight is 257 g/mol. The van der Waals surface area contributed by atoms with Gasteiger partial charge in [0.15, 0.2) is 0 Å². The van der Waals surface area contributed by atoms with Crippen molar-refractivity contribution in [3.63, 3.8) is 0 Å². The Labute approximate surface area is 115 Å². The smallest absolute Gasteiger partial charge is 0.0706 e. The van der Waals surface area contributed by atoms with Crippen molar-refractivity contribution in [2.75, 3.05) is 0 Å². The standard InChI is InChI=1S/C16H23N3/c1-12-6-5-7-15(13(12)2)17-10-14-11-18-19-9-4-3-8-16(14)19/h3-4,8-9,11-13,15,17H,5-7,10H2,1-2H3. The Hall–Kier alpha value is -1.35. The van der Waals surface area contributed by atoms with Gasteiger partial charge in [0.1, 0.15) is 0 Å². The van der Waals surface area contributed by atoms with Gasteiger partial charge >= 0.3 is 0 Å². The molecule has 0 bridgehead atoms. The first-order valence-corrected chi connectivity index (χ1v) is 7.40. The van der Waals surface area contributed by atoms with E-state index in [1.165, 1.54) is 30.3 Å². The number of hydrogen-bond donors (Lipinski definition) is 1. The van der Waals surface area contributed by atoms with Crippen molar-refractivity contribution in [2.45, 2.75) is 45.7 Å². The molecule has 2 heterocycles. The molecule has 3 nitrogen and oxygen atoms in total. The fourth-order valence-corrected chi connectivity index (χ4v) is 3.23. The lowest BCUT2D eigenvalue weighted by molar-refractivity contribution is 0.206. The first-order valence-electron chi connectivity index (χ1n) is 7.40. The summed E-state index contributed by atoms with van der Waals surface area (Å²) in [4.78, 5) is 0. The maximum Gasteiger partial charge on any atom is 0.0706 e. The van der Waals surface area contributed by atoms with Gasteiger partial charge in [0.05, 0.1) is 11.7 Å². The van der Waals surface area contributed by atoms with Crippen LogP contribution in [0.15, 0.2) is 30.6 Å². The molecule has 3 rings (SSSR count). The van der Waals surface area contributed by atoms with Crippen LogP contribution in [0.5, 0.6) is 0 Å². The van der Waals surface area contributed by atoms with E-state index in [1.54, 1.807) is 0 Å². The molecule has 1 aliphatic carbocycles. The Bertz CT molecular complexity index is 546. The van der Waals surface area contributed by atoms with Gasteiger partial charge < -0.3 is 5.32 Å². The van der Waals surface area contributed by atoms with Gasteiger partial charge in [-0.3, -0.25) is 0 Å². The number of fused-ring (bicyclic) bond motifs is 1. The number of hydrogen-bond acceptors (Lipinski definition) is 2. The fraction of sp³-hybridized carbons (Fsp3) is 0.562. The molecule has 2 aromatic heterocycles. The minimum absolute atomic E-state index is 0.655. The summed E-state index contributed by atoms with van der Waals surface area (Å²) in [5.74, 6) is 1.62. The molecule has 0 radical (unpaired) electrons. The molecule has 3 heteroatoms. The third-order valence-electron chi connectivity index (χ3n) is 4.77. The molecule has 19 heavy (non-hydrogen) atoms. The zero-order valence-electron chi connectivity index (χ0n) is 11.8. The Balaban J connectivity index is 1.69. The molecule has 1 fully saturated rings. The first kappa shape index (κ1) is 12.7. The molecule has 0 aliphatic heterocycles. The van der Waals surface area contributed by atoms with Crippen molar-refractivity contribution < 1.29 is 0 Å². The van der Waals surface area contributed by atoms with Gasteiger partial charge in [-0.05, 0) is 30.4 Å². The van der Waals surface area contributed by atoms with E-state index >= 15 is 0 Å². The van der Waals surface area contributed by atoms with Crippen molar-refractivity contribution in [3.05, 3.63) is 36.2 Å². The zero-order valence-corrected chi connectivity index (χ0v) is 11.8. The number of nitrogens with one attached hydrogen (secondary N) is 1. The monoisotopic (exact) mass is 257 g/mol. The zero-order chi connectivity index (χ0) is 13.2. The maximum absolute atomic E-state index is 4.39. The van der Waals surface area contributed by atoms with Crippen LogP contribution in [-0.2, 0) is 6.54 Å². The highest BCUT2D eigenvalue weighted by Crippen LogP contribution is 2.29. The normalized spacial score (nSPS) is 27.8. The lowest BCUT2D eigenvalue weighted by atomic mass is 9.78. The molecule has 0 amide bonds. The minimum atomic E-state index is 0.655. The van der Waals surface area contributed by atoms with Gasteiger partial charge in [0, 0.05) is 24.3 Å². The van der Waals surface area contributed by atoms with E-state index in [9.17, 15) is 0 Å². The van der Waals surface area contributed by atoms with Crippen LogP contribution in [0.1, 0.15) is 38.7 Å². The molecule has 0 spiro atoms. The molecular formula is C16H23N3. The van der Waals surface area contributed by atoms with Crippen LogP contribution in [0.3, 0.4) is 0 Å². The number of rotatable bonds is 3. The second kappa shape index (κ2) is 5.33. The molecule has 0 saturated heterocycles. The summed E-state index contributed by atoms with van der Waals surface area (Å²) in [6, 6.07) is 6.88. The lowest BCUT2D eigenvalue weighted by Crippen LogP contribution is -2.40. The quantitative estimate of drug-likeness (QED) is 0.914. The van der Waals surface area contributed by atoms with Crippen molar-refractivity contribution in [3.8, 4) is 0 Å². The van der Waals surface area contributed by atoms with Gasteiger partial charge in [-0.25, -0.2) is 4.52 Å². The highest BCUT2D eigenvalue weighted by atomic mass is 15.2. The third-order valence-corrected chi connectivity index (χ3v) is 4.77. The minimum Gasteiger partial charge on any atom is -0.310 e. The average Bonchev–Trinajstić information content (AvgIpc) is 2.84. The molecule has 102 valence electrons. The molecule has 3 atom stereocenters. The second-order valence-corrected chi connectivity index (χ2v) is 5.95. The first-order chi connectivity index (χ1) is 9.25. The van der Waals surface area contributed by atoms with Gasteiger partial charge in [-0.1, -0.05) is 32.8 Å². The van der Waals surface area contributed by atoms with Crippen molar-refractivity contribution in [2.24, 2.45) is 11.8 Å². The predicted octanol–water partition coefficient (Wildman–Crippen LogP) is 3.25. The van der Waals surface area contributed by atoms with Crippen LogP contribution >= 0.6 is 0 Å². The molecular weight excluding hydrogens is 234 g/mol. The highest BCUT2D eigenvalue weighted by Gasteiger charge is 2.26. The molecule has 0 aromatic carbocycles. The van der Waals surface area contributed by atoms with Crippen LogP contribution < -0.4 is 5.32 Å². The summed E-state index contributed by atoms with van der Waals surface area (Å²) in [7, 11) is 0. The Morgan fingerprint density at radius 2 is 2.21 bits per heavy atom. The second-order valence-electron chi connectivity index (χ2n) is 5.95.